The first-order valence-electron chi connectivity index (χ1n) is 3.91. The minimum Gasteiger partial charge on any atom is -0.306 e. The highest BCUT2D eigenvalue weighted by Crippen LogP contribution is 2.00. The highest BCUT2D eigenvalue weighted by atomic mass is 127. The van der Waals surface area contributed by atoms with Crippen molar-refractivity contribution in [1.29, 1.82) is 0 Å². The fourth-order valence-corrected chi connectivity index (χ4v) is 1.56. The van der Waals surface area contributed by atoms with E-state index >= 15 is 0 Å². The van der Waals surface area contributed by atoms with Crippen LogP contribution in [0.25, 0.3) is 0 Å². The second-order valence-corrected chi connectivity index (χ2v) is 4.25. The molecule has 0 aromatic rings. The molecular formula is C8H18IN. The van der Waals surface area contributed by atoms with Crippen molar-refractivity contribution in [3.8, 4) is 0 Å². The SMILES string of the molecule is CC(C)CCN(C)CCI. The maximum Gasteiger partial charge on any atom is 0.0123 e. The van der Waals surface area contributed by atoms with Gasteiger partial charge in [0.05, 0.1) is 0 Å². The lowest BCUT2D eigenvalue weighted by molar-refractivity contribution is 0.330. The van der Waals surface area contributed by atoms with Gasteiger partial charge in [-0.3, -0.25) is 0 Å². The molecular weight excluding hydrogens is 237 g/mol. The van der Waals surface area contributed by atoms with Crippen LogP contribution in [0.15, 0.2) is 0 Å². The minimum atomic E-state index is 0.844. The van der Waals surface area contributed by atoms with E-state index in [1.807, 2.05) is 0 Å². The molecule has 0 bridgehead atoms. The van der Waals surface area contributed by atoms with Gasteiger partial charge in [0.2, 0.25) is 0 Å². The summed E-state index contributed by atoms with van der Waals surface area (Å²) in [6, 6.07) is 0. The summed E-state index contributed by atoms with van der Waals surface area (Å²) in [6.45, 7) is 7.03. The molecule has 0 spiro atoms. The number of hydrogen-bond donors (Lipinski definition) is 0. The van der Waals surface area contributed by atoms with E-state index in [0.717, 1.165) is 5.92 Å². The van der Waals surface area contributed by atoms with E-state index in [1.165, 1.54) is 23.9 Å². The summed E-state index contributed by atoms with van der Waals surface area (Å²) in [6.07, 6.45) is 1.33. The predicted molar refractivity (Wildman–Crippen MR) is 55.8 cm³/mol. The molecule has 0 atom stereocenters. The quantitative estimate of drug-likeness (QED) is 0.538. The summed E-state index contributed by atoms with van der Waals surface area (Å²) in [7, 11) is 2.20. The monoisotopic (exact) mass is 255 g/mol. The summed E-state index contributed by atoms with van der Waals surface area (Å²) in [5, 5.41) is 0. The van der Waals surface area contributed by atoms with Gasteiger partial charge in [-0.25, -0.2) is 0 Å². The Kier molecular flexibility index (Phi) is 6.85. The second kappa shape index (κ2) is 6.40. The fourth-order valence-electron chi connectivity index (χ4n) is 0.735. The molecule has 0 amide bonds. The van der Waals surface area contributed by atoms with Crippen molar-refractivity contribution < 1.29 is 0 Å². The Morgan fingerprint density at radius 1 is 1.30 bits per heavy atom. The molecule has 0 radical (unpaired) electrons. The van der Waals surface area contributed by atoms with Gasteiger partial charge in [-0.05, 0) is 25.9 Å². The largest absolute Gasteiger partial charge is 0.306 e. The van der Waals surface area contributed by atoms with E-state index in [9.17, 15) is 0 Å². The summed E-state index contributed by atoms with van der Waals surface area (Å²) in [5.41, 5.74) is 0. The van der Waals surface area contributed by atoms with E-state index in [2.05, 4.69) is 48.4 Å². The number of rotatable bonds is 5. The lowest BCUT2D eigenvalue weighted by Crippen LogP contribution is -2.22. The van der Waals surface area contributed by atoms with Crippen LogP contribution in [0.4, 0.5) is 0 Å². The molecule has 0 aliphatic carbocycles. The van der Waals surface area contributed by atoms with E-state index in [1.54, 1.807) is 0 Å². The fraction of sp³-hybridized carbons (Fsp3) is 1.00. The van der Waals surface area contributed by atoms with Gasteiger partial charge in [-0.15, -0.1) is 0 Å². The lowest BCUT2D eigenvalue weighted by atomic mass is 10.1. The number of nitrogens with zero attached hydrogens (tertiary/aromatic N) is 1. The molecule has 0 aliphatic heterocycles. The van der Waals surface area contributed by atoms with Gasteiger partial charge in [-0.1, -0.05) is 36.4 Å². The van der Waals surface area contributed by atoms with Gasteiger partial charge >= 0.3 is 0 Å². The molecule has 0 unspecified atom stereocenters. The third-order valence-corrected chi connectivity index (χ3v) is 2.04. The van der Waals surface area contributed by atoms with Crippen LogP contribution in [0.1, 0.15) is 20.3 Å². The number of hydrogen-bond acceptors (Lipinski definition) is 1. The Bertz CT molecular complexity index is 73.7. The molecule has 10 heavy (non-hydrogen) atoms. The van der Waals surface area contributed by atoms with E-state index in [0.29, 0.717) is 0 Å². The zero-order valence-corrected chi connectivity index (χ0v) is 9.39. The maximum absolute atomic E-state index is 2.42. The van der Waals surface area contributed by atoms with Crippen LogP contribution in [0.2, 0.25) is 0 Å². The Hall–Kier alpha value is 0.690. The summed E-state index contributed by atoms with van der Waals surface area (Å²) in [5.74, 6) is 0.844. The summed E-state index contributed by atoms with van der Waals surface area (Å²) >= 11 is 2.42. The first-order chi connectivity index (χ1) is 4.66. The van der Waals surface area contributed by atoms with Crippen LogP contribution in [-0.2, 0) is 0 Å². The molecule has 0 aromatic carbocycles. The molecule has 0 N–H and O–H groups in total. The van der Waals surface area contributed by atoms with E-state index < -0.39 is 0 Å². The minimum absolute atomic E-state index is 0.844. The molecule has 0 aromatic heterocycles. The lowest BCUT2D eigenvalue weighted by Gasteiger charge is -2.15. The Balaban J connectivity index is 3.12. The molecule has 0 aliphatic rings. The third kappa shape index (κ3) is 6.81. The van der Waals surface area contributed by atoms with Crippen molar-refractivity contribution in [2.24, 2.45) is 5.92 Å². The Morgan fingerprint density at radius 2 is 1.90 bits per heavy atom. The maximum atomic E-state index is 2.42. The van der Waals surface area contributed by atoms with Crippen molar-refractivity contribution in [2.75, 3.05) is 24.6 Å². The third-order valence-electron chi connectivity index (χ3n) is 1.55. The van der Waals surface area contributed by atoms with Crippen molar-refractivity contribution in [3.63, 3.8) is 0 Å². The van der Waals surface area contributed by atoms with Crippen molar-refractivity contribution in [2.45, 2.75) is 20.3 Å². The van der Waals surface area contributed by atoms with Crippen LogP contribution in [0.5, 0.6) is 0 Å². The zero-order valence-electron chi connectivity index (χ0n) is 7.23. The van der Waals surface area contributed by atoms with Gasteiger partial charge in [0.15, 0.2) is 0 Å². The smallest absolute Gasteiger partial charge is 0.0123 e. The van der Waals surface area contributed by atoms with Gasteiger partial charge in [0.25, 0.3) is 0 Å². The molecule has 1 nitrogen and oxygen atoms in total. The van der Waals surface area contributed by atoms with Gasteiger partial charge < -0.3 is 4.90 Å². The molecule has 0 rings (SSSR count). The Labute approximate surface area is 78.3 Å². The first-order valence-corrected chi connectivity index (χ1v) is 5.44. The predicted octanol–water partition coefficient (Wildman–Crippen LogP) is 2.40. The topological polar surface area (TPSA) is 3.24 Å². The first kappa shape index (κ1) is 10.7. The van der Waals surface area contributed by atoms with Gasteiger partial charge in [0, 0.05) is 11.0 Å². The van der Waals surface area contributed by atoms with Crippen LogP contribution in [0.3, 0.4) is 0 Å². The zero-order chi connectivity index (χ0) is 7.98. The molecule has 0 fully saturated rings. The van der Waals surface area contributed by atoms with Crippen LogP contribution >= 0.6 is 22.6 Å². The molecule has 62 valence electrons. The number of halogens is 1. The van der Waals surface area contributed by atoms with E-state index in [-0.39, 0.29) is 0 Å². The van der Waals surface area contributed by atoms with Crippen LogP contribution in [0, 0.1) is 5.92 Å². The summed E-state index contributed by atoms with van der Waals surface area (Å²) < 4.78 is 1.24. The van der Waals surface area contributed by atoms with Crippen LogP contribution in [-0.4, -0.2) is 29.5 Å². The molecule has 0 heterocycles. The second-order valence-electron chi connectivity index (χ2n) is 3.17. The number of alkyl halides is 1. The molecule has 0 saturated heterocycles. The van der Waals surface area contributed by atoms with E-state index in [4.69, 9.17) is 0 Å². The van der Waals surface area contributed by atoms with Crippen LogP contribution < -0.4 is 0 Å². The normalized spacial score (nSPS) is 11.4. The standard InChI is InChI=1S/C8H18IN/c1-8(2)4-6-10(3)7-5-9/h8H,4-7H2,1-3H3. The molecule has 2 heteroatoms. The average molecular weight is 255 g/mol. The highest BCUT2D eigenvalue weighted by molar-refractivity contribution is 14.1. The van der Waals surface area contributed by atoms with Gasteiger partial charge in [0.1, 0.15) is 0 Å². The van der Waals surface area contributed by atoms with Gasteiger partial charge in [-0.2, -0.15) is 0 Å². The van der Waals surface area contributed by atoms with Crippen molar-refractivity contribution >= 4 is 22.6 Å². The molecule has 0 saturated carbocycles. The average Bonchev–Trinajstić information content (AvgIpc) is 1.85. The van der Waals surface area contributed by atoms with Crippen molar-refractivity contribution in [1.82, 2.24) is 4.90 Å². The van der Waals surface area contributed by atoms with Crippen molar-refractivity contribution in [3.05, 3.63) is 0 Å². The highest BCUT2D eigenvalue weighted by Gasteiger charge is 1.98. The Morgan fingerprint density at radius 3 is 2.30 bits per heavy atom. The summed E-state index contributed by atoms with van der Waals surface area (Å²) in [4.78, 5) is 2.40.